The van der Waals surface area contributed by atoms with Crippen LogP contribution in [0.3, 0.4) is 0 Å². The van der Waals surface area contributed by atoms with E-state index in [0.29, 0.717) is 19.6 Å². The predicted octanol–water partition coefficient (Wildman–Crippen LogP) is 4.41. The van der Waals surface area contributed by atoms with E-state index >= 15 is 0 Å². The molecule has 5 aliphatic rings. The largest absolute Gasteiger partial charge is 0.394 e. The fourth-order valence-electron chi connectivity index (χ4n) is 8.37. The van der Waals surface area contributed by atoms with Gasteiger partial charge in [-0.25, -0.2) is 0 Å². The maximum absolute atomic E-state index is 14.8. The molecule has 226 valence electrons. The summed E-state index contributed by atoms with van der Waals surface area (Å²) in [4.78, 5) is 49.8. The Morgan fingerprint density at radius 3 is 2.36 bits per heavy atom. The highest BCUT2D eigenvalue weighted by Crippen LogP contribution is 2.66. The minimum absolute atomic E-state index is 0.00804. The van der Waals surface area contributed by atoms with E-state index in [-0.39, 0.29) is 36.3 Å². The van der Waals surface area contributed by atoms with E-state index in [1.807, 2.05) is 47.1 Å². The van der Waals surface area contributed by atoms with Crippen LogP contribution in [0.5, 0.6) is 0 Å². The van der Waals surface area contributed by atoms with Crippen molar-refractivity contribution in [3.8, 4) is 0 Å². The molecule has 1 unspecified atom stereocenters. The lowest BCUT2D eigenvalue weighted by Crippen LogP contribution is -2.59. The molecule has 2 saturated heterocycles. The van der Waals surface area contributed by atoms with Gasteiger partial charge in [0.2, 0.25) is 17.7 Å². The quantitative estimate of drug-likeness (QED) is 0.475. The van der Waals surface area contributed by atoms with E-state index in [0.717, 1.165) is 37.7 Å². The topological polar surface area (TPSA) is 81.2 Å². The second-order valence-corrected chi connectivity index (χ2v) is 15.0. The van der Waals surface area contributed by atoms with E-state index in [9.17, 15) is 19.5 Å². The van der Waals surface area contributed by atoms with Gasteiger partial charge in [-0.05, 0) is 31.2 Å². The van der Waals surface area contributed by atoms with Crippen LogP contribution in [0, 0.1) is 17.8 Å². The van der Waals surface area contributed by atoms with Crippen LogP contribution in [-0.2, 0) is 20.9 Å². The van der Waals surface area contributed by atoms with E-state index in [2.05, 4.69) is 38.2 Å². The molecule has 4 heterocycles. The second-order valence-electron chi connectivity index (χ2n) is 13.2. The van der Waals surface area contributed by atoms with Crippen LogP contribution in [0.15, 0.2) is 54.6 Å². The zero-order valence-corrected chi connectivity index (χ0v) is 26.0. The van der Waals surface area contributed by atoms with Crippen molar-refractivity contribution in [3.63, 3.8) is 0 Å². The Labute approximate surface area is 254 Å². The van der Waals surface area contributed by atoms with E-state index in [4.69, 9.17) is 0 Å². The van der Waals surface area contributed by atoms with Crippen LogP contribution in [0.2, 0.25) is 0 Å². The fourth-order valence-corrected chi connectivity index (χ4v) is 10.5. The molecule has 8 heteroatoms. The minimum atomic E-state index is -0.881. The highest BCUT2D eigenvalue weighted by atomic mass is 32.2. The van der Waals surface area contributed by atoms with Crippen LogP contribution in [0.25, 0.3) is 0 Å². The predicted molar refractivity (Wildman–Crippen MR) is 165 cm³/mol. The molecule has 6 rings (SSSR count). The van der Waals surface area contributed by atoms with Gasteiger partial charge in [0.15, 0.2) is 0 Å². The van der Waals surface area contributed by atoms with Gasteiger partial charge >= 0.3 is 0 Å². The van der Waals surface area contributed by atoms with Crippen molar-refractivity contribution in [2.24, 2.45) is 17.8 Å². The van der Waals surface area contributed by atoms with Crippen LogP contribution >= 0.6 is 11.8 Å². The molecule has 7 nitrogen and oxygen atoms in total. The summed E-state index contributed by atoms with van der Waals surface area (Å²) in [5, 5.41) is 10.7. The van der Waals surface area contributed by atoms with Crippen molar-refractivity contribution in [3.05, 3.63) is 60.2 Å². The van der Waals surface area contributed by atoms with Gasteiger partial charge in [0.1, 0.15) is 6.04 Å². The average Bonchev–Trinajstić information content (AvgIpc) is 3.27. The number of nitrogens with zero attached hydrogens (tertiary/aromatic N) is 3. The Morgan fingerprint density at radius 2 is 1.67 bits per heavy atom. The molecule has 1 saturated carbocycles. The molecule has 3 amide bonds. The average molecular weight is 592 g/mol. The number of rotatable bonds is 7. The Kier molecular flexibility index (Phi) is 8.07. The summed E-state index contributed by atoms with van der Waals surface area (Å²) in [5.41, 5.74) is 1.05. The summed E-state index contributed by atoms with van der Waals surface area (Å²) in [6.07, 6.45) is 14.5. The summed E-state index contributed by atoms with van der Waals surface area (Å²) >= 11 is 1.63. The summed E-state index contributed by atoms with van der Waals surface area (Å²) in [5.74, 6) is -1.50. The molecule has 4 aliphatic heterocycles. The third-order valence-electron chi connectivity index (χ3n) is 10.7. The number of fused-ring (bicyclic) bond motifs is 2. The third-order valence-corrected chi connectivity index (χ3v) is 12.5. The first-order chi connectivity index (χ1) is 20.3. The molecule has 1 aromatic rings. The maximum atomic E-state index is 14.8. The summed E-state index contributed by atoms with van der Waals surface area (Å²) in [7, 11) is 0. The van der Waals surface area contributed by atoms with Gasteiger partial charge in [-0.3, -0.25) is 14.4 Å². The van der Waals surface area contributed by atoms with Crippen molar-refractivity contribution < 1.29 is 19.5 Å². The lowest BCUT2D eigenvalue weighted by Gasteiger charge is -2.43. The Hall–Kier alpha value is -2.58. The normalized spacial score (nSPS) is 34.6. The summed E-state index contributed by atoms with van der Waals surface area (Å²) in [6.45, 7) is 7.45. The zero-order chi connectivity index (χ0) is 29.6. The zero-order valence-electron chi connectivity index (χ0n) is 25.2. The fraction of sp³-hybridized carbons (Fsp3) is 0.618. The molecule has 1 N–H and O–H groups in total. The molecule has 0 radical (unpaired) electrons. The smallest absolute Gasteiger partial charge is 0.247 e. The number of hydrogen-bond acceptors (Lipinski definition) is 5. The SMILES string of the molecule is CC[C@H](C)[C@H](CO)N1C(=O)[C@@H]2[C@@H]3C(=O)N(Cc4ccccc4)CC=C[C@]3(C)S[C@@]23C=CCN(C2CCCCC2)C(=O)C13. The third kappa shape index (κ3) is 4.64. The first-order valence-electron chi connectivity index (χ1n) is 15.9. The van der Waals surface area contributed by atoms with Crippen molar-refractivity contribution in [2.75, 3.05) is 19.7 Å². The van der Waals surface area contributed by atoms with Crippen molar-refractivity contribution >= 4 is 29.5 Å². The number of thioether (sulfide) groups is 1. The first-order valence-corrected chi connectivity index (χ1v) is 16.7. The van der Waals surface area contributed by atoms with Crippen LogP contribution in [0.1, 0.15) is 64.9 Å². The number of amides is 3. The molecule has 0 aromatic heterocycles. The summed E-state index contributed by atoms with van der Waals surface area (Å²) < 4.78 is -1.52. The van der Waals surface area contributed by atoms with Crippen molar-refractivity contribution in [1.29, 1.82) is 0 Å². The number of benzene rings is 1. The molecule has 1 aliphatic carbocycles. The van der Waals surface area contributed by atoms with Crippen LogP contribution in [-0.4, -0.2) is 84.8 Å². The molecular weight excluding hydrogens is 546 g/mol. The van der Waals surface area contributed by atoms with E-state index < -0.39 is 33.4 Å². The molecule has 0 bridgehead atoms. The van der Waals surface area contributed by atoms with Crippen molar-refractivity contribution in [2.45, 2.75) is 93.5 Å². The van der Waals surface area contributed by atoms with Crippen LogP contribution < -0.4 is 0 Å². The lowest BCUT2D eigenvalue weighted by molar-refractivity contribution is -0.149. The minimum Gasteiger partial charge on any atom is -0.394 e. The van der Waals surface area contributed by atoms with Gasteiger partial charge < -0.3 is 19.8 Å². The summed E-state index contributed by atoms with van der Waals surface area (Å²) in [6, 6.07) is 8.89. The first kappa shape index (κ1) is 29.5. The van der Waals surface area contributed by atoms with Gasteiger partial charge in [0, 0.05) is 30.4 Å². The molecule has 1 aromatic carbocycles. The standard InChI is InChI=1S/C34H45N3O4S/c1-4-23(2)26(22-38)37-29-32(41)36(25-15-9-6-10-16-25)20-12-18-34(29)28(31(37)40)27-30(39)35(19-11-17-33(27,3)42-34)21-24-13-7-5-8-14-24/h5,7-8,11-14,17-18,23,25-29,38H,4,6,9-10,15-16,19-22H2,1-3H3/t23-,26-,27+,28-,29?,33-,34-/m0/s1. The van der Waals surface area contributed by atoms with Gasteiger partial charge in [-0.15, -0.1) is 11.8 Å². The van der Waals surface area contributed by atoms with Gasteiger partial charge in [-0.2, -0.15) is 0 Å². The molecule has 1 spiro atoms. The molecular formula is C34H45N3O4S. The Morgan fingerprint density at radius 1 is 0.952 bits per heavy atom. The van der Waals surface area contributed by atoms with Gasteiger partial charge in [0.25, 0.3) is 0 Å². The number of aliphatic hydroxyl groups is 1. The lowest BCUT2D eigenvalue weighted by atomic mass is 9.74. The van der Waals surface area contributed by atoms with E-state index in [1.165, 1.54) is 6.42 Å². The van der Waals surface area contributed by atoms with Crippen LogP contribution in [0.4, 0.5) is 0 Å². The number of hydrogen-bond donors (Lipinski definition) is 1. The number of carbonyl (C=O) groups is 3. The number of aliphatic hydroxyl groups excluding tert-OH is 1. The highest BCUT2D eigenvalue weighted by molar-refractivity contribution is 8.02. The number of likely N-dealkylation sites (tertiary alicyclic amines) is 1. The molecule has 42 heavy (non-hydrogen) atoms. The molecule has 3 fully saturated rings. The highest BCUT2D eigenvalue weighted by Gasteiger charge is 2.74. The number of carbonyl (C=O) groups excluding carboxylic acids is 3. The van der Waals surface area contributed by atoms with Gasteiger partial charge in [-0.1, -0.05) is 94.2 Å². The Bertz CT molecular complexity index is 1260. The monoisotopic (exact) mass is 591 g/mol. The maximum Gasteiger partial charge on any atom is 0.247 e. The molecule has 7 atom stereocenters. The van der Waals surface area contributed by atoms with Crippen molar-refractivity contribution in [1.82, 2.24) is 14.7 Å². The second kappa shape index (κ2) is 11.5. The Balaban J connectivity index is 1.45. The van der Waals surface area contributed by atoms with E-state index in [1.54, 1.807) is 16.7 Å². The van der Waals surface area contributed by atoms with Gasteiger partial charge in [0.05, 0.1) is 29.2 Å².